The van der Waals surface area contributed by atoms with Gasteiger partial charge >= 0.3 is 0 Å². The zero-order valence-corrected chi connectivity index (χ0v) is 19.5. The molecule has 31 heavy (non-hydrogen) atoms. The minimum atomic E-state index is -0.316. The molecule has 1 N–H and O–H groups in total. The summed E-state index contributed by atoms with van der Waals surface area (Å²) in [6.07, 6.45) is 0. The first kappa shape index (κ1) is 21.1. The quantitative estimate of drug-likeness (QED) is 0.393. The highest BCUT2D eigenvalue weighted by Crippen LogP contribution is 2.25. The van der Waals surface area contributed by atoms with E-state index in [1.165, 1.54) is 5.69 Å². The van der Waals surface area contributed by atoms with Crippen LogP contribution in [0.5, 0.6) is 0 Å². The van der Waals surface area contributed by atoms with Gasteiger partial charge in [0.2, 0.25) is 0 Å². The summed E-state index contributed by atoms with van der Waals surface area (Å²) >= 11 is 3.21. The lowest BCUT2D eigenvalue weighted by Crippen LogP contribution is -2.21. The first-order valence-electron chi connectivity index (χ1n) is 10.2. The lowest BCUT2D eigenvalue weighted by Gasteiger charge is -2.22. The third-order valence-corrected chi connectivity index (χ3v) is 5.72. The number of nitrogens with one attached hydrogen (secondary N) is 1. The van der Waals surface area contributed by atoms with Crippen LogP contribution < -0.4 is 10.2 Å². The molecule has 0 saturated carbocycles. The molecular formula is C23H24BrN5O2. The Morgan fingerprint density at radius 1 is 1.03 bits per heavy atom. The van der Waals surface area contributed by atoms with Crippen LogP contribution >= 0.6 is 15.9 Å². The number of carbonyl (C=O) groups excluding carboxylic acids is 1. The van der Waals surface area contributed by atoms with Crippen molar-refractivity contribution in [2.24, 2.45) is 0 Å². The van der Waals surface area contributed by atoms with Gasteiger partial charge in [-0.1, -0.05) is 0 Å². The Morgan fingerprint density at radius 2 is 1.74 bits per heavy atom. The van der Waals surface area contributed by atoms with Crippen molar-refractivity contribution in [3.8, 4) is 5.69 Å². The molecule has 0 spiro atoms. The second-order valence-corrected chi connectivity index (χ2v) is 8.13. The van der Waals surface area contributed by atoms with Gasteiger partial charge in [-0.2, -0.15) is 4.80 Å². The number of fused-ring (bicyclic) bond motifs is 1. The number of furan rings is 1. The maximum Gasteiger partial charge on any atom is 0.291 e. The predicted molar refractivity (Wildman–Crippen MR) is 126 cm³/mol. The average molecular weight is 482 g/mol. The number of carbonyl (C=O) groups is 1. The molecule has 160 valence electrons. The number of hydrogen-bond acceptors (Lipinski definition) is 5. The molecule has 0 aliphatic rings. The molecule has 2 heterocycles. The number of nitrogens with zero attached hydrogens (tertiary/aromatic N) is 4. The van der Waals surface area contributed by atoms with E-state index >= 15 is 0 Å². The molecular weight excluding hydrogens is 458 g/mol. The van der Waals surface area contributed by atoms with E-state index in [1.807, 2.05) is 25.1 Å². The van der Waals surface area contributed by atoms with Crippen LogP contribution in [0.2, 0.25) is 0 Å². The van der Waals surface area contributed by atoms with Gasteiger partial charge in [0, 0.05) is 24.5 Å². The molecule has 7 nitrogen and oxygen atoms in total. The fraction of sp³-hybridized carbons (Fsp3) is 0.261. The van der Waals surface area contributed by atoms with Crippen molar-refractivity contribution in [1.29, 1.82) is 0 Å². The highest BCUT2D eigenvalue weighted by Gasteiger charge is 2.15. The van der Waals surface area contributed by atoms with Gasteiger partial charge in [0.25, 0.3) is 5.91 Å². The van der Waals surface area contributed by atoms with E-state index in [1.54, 1.807) is 16.9 Å². The number of aromatic nitrogens is 3. The third kappa shape index (κ3) is 4.20. The Kier molecular flexibility index (Phi) is 5.82. The second-order valence-electron chi connectivity index (χ2n) is 7.35. The highest BCUT2D eigenvalue weighted by molar-refractivity contribution is 9.10. The molecule has 0 fully saturated rings. The molecule has 0 aliphatic heterocycles. The van der Waals surface area contributed by atoms with Gasteiger partial charge in [0.05, 0.1) is 5.69 Å². The monoisotopic (exact) mass is 481 g/mol. The van der Waals surface area contributed by atoms with Crippen molar-refractivity contribution in [2.45, 2.75) is 27.7 Å². The van der Waals surface area contributed by atoms with E-state index in [2.05, 4.69) is 69.2 Å². The van der Waals surface area contributed by atoms with Crippen molar-refractivity contribution in [2.75, 3.05) is 23.3 Å². The molecule has 0 saturated heterocycles. The molecule has 0 unspecified atom stereocenters. The molecule has 0 aliphatic carbocycles. The SMILES string of the molecule is CCN(CC)c1ccc(-n2nc3cc(C)c(NC(=O)c4ccc(Br)o4)cc3n2)c(C)c1. The van der Waals surface area contributed by atoms with Gasteiger partial charge in [0.15, 0.2) is 10.4 Å². The smallest absolute Gasteiger partial charge is 0.291 e. The molecule has 8 heteroatoms. The summed E-state index contributed by atoms with van der Waals surface area (Å²) in [4.78, 5) is 16.4. The van der Waals surface area contributed by atoms with E-state index in [0.717, 1.165) is 35.4 Å². The number of anilines is 2. The fourth-order valence-corrected chi connectivity index (χ4v) is 3.89. The average Bonchev–Trinajstić information content (AvgIpc) is 3.35. The molecule has 2 aromatic heterocycles. The number of amides is 1. The predicted octanol–water partition coefficient (Wildman–Crippen LogP) is 5.49. The Morgan fingerprint density at radius 3 is 2.35 bits per heavy atom. The van der Waals surface area contributed by atoms with Gasteiger partial charge in [-0.15, -0.1) is 10.2 Å². The maximum atomic E-state index is 12.5. The van der Waals surface area contributed by atoms with E-state index in [4.69, 9.17) is 4.42 Å². The van der Waals surface area contributed by atoms with Crippen molar-refractivity contribution < 1.29 is 9.21 Å². The van der Waals surface area contributed by atoms with Crippen LogP contribution in [0, 0.1) is 13.8 Å². The van der Waals surface area contributed by atoms with Crippen LogP contribution in [0.3, 0.4) is 0 Å². The van der Waals surface area contributed by atoms with Crippen LogP contribution in [0.15, 0.2) is 51.6 Å². The molecule has 0 atom stereocenters. The van der Waals surface area contributed by atoms with Gasteiger partial charge in [-0.3, -0.25) is 4.79 Å². The highest BCUT2D eigenvalue weighted by atomic mass is 79.9. The minimum absolute atomic E-state index is 0.235. The van der Waals surface area contributed by atoms with Gasteiger partial charge in [-0.25, -0.2) is 0 Å². The molecule has 2 aromatic carbocycles. The van der Waals surface area contributed by atoms with E-state index < -0.39 is 0 Å². The first-order chi connectivity index (χ1) is 14.9. The van der Waals surface area contributed by atoms with E-state index in [9.17, 15) is 4.79 Å². The van der Waals surface area contributed by atoms with Crippen molar-refractivity contribution in [3.05, 3.63) is 64.0 Å². The molecule has 4 aromatic rings. The van der Waals surface area contributed by atoms with Crippen LogP contribution in [0.25, 0.3) is 16.7 Å². The minimum Gasteiger partial charge on any atom is -0.444 e. The normalized spacial score (nSPS) is 11.1. The first-order valence-corrected chi connectivity index (χ1v) is 11.0. The summed E-state index contributed by atoms with van der Waals surface area (Å²) in [5.74, 6) is -0.0812. The zero-order chi connectivity index (χ0) is 22.1. The molecule has 1 amide bonds. The van der Waals surface area contributed by atoms with Crippen molar-refractivity contribution in [1.82, 2.24) is 15.0 Å². The maximum absolute atomic E-state index is 12.5. The lowest BCUT2D eigenvalue weighted by atomic mass is 10.1. The van der Waals surface area contributed by atoms with Crippen molar-refractivity contribution >= 4 is 44.2 Å². The van der Waals surface area contributed by atoms with Crippen LogP contribution in [0.4, 0.5) is 11.4 Å². The standard InChI is InChI=1S/C23H24BrN5O2/c1-5-28(6-2)16-7-8-20(15(4)11-16)29-26-18-12-14(3)17(13-19(18)27-29)25-23(30)21-9-10-22(24)31-21/h7-13H,5-6H2,1-4H3,(H,25,30). The molecule has 0 bridgehead atoms. The van der Waals surface area contributed by atoms with E-state index in [0.29, 0.717) is 15.9 Å². The lowest BCUT2D eigenvalue weighted by molar-refractivity contribution is 0.0995. The Labute approximate surface area is 189 Å². The zero-order valence-electron chi connectivity index (χ0n) is 17.9. The Bertz CT molecular complexity index is 1260. The largest absolute Gasteiger partial charge is 0.444 e. The summed E-state index contributed by atoms with van der Waals surface area (Å²) < 4.78 is 5.84. The fourth-order valence-electron chi connectivity index (χ4n) is 3.58. The number of hydrogen-bond donors (Lipinski definition) is 1. The summed E-state index contributed by atoms with van der Waals surface area (Å²) in [6, 6.07) is 13.4. The van der Waals surface area contributed by atoms with Crippen LogP contribution in [-0.2, 0) is 0 Å². The second kappa shape index (κ2) is 8.55. The summed E-state index contributed by atoms with van der Waals surface area (Å²) in [5, 5.41) is 12.2. The summed E-state index contributed by atoms with van der Waals surface area (Å²) in [7, 11) is 0. The van der Waals surface area contributed by atoms with Gasteiger partial charge < -0.3 is 14.6 Å². The number of benzene rings is 2. The van der Waals surface area contributed by atoms with Gasteiger partial charge in [0.1, 0.15) is 11.0 Å². The Balaban J connectivity index is 1.65. The van der Waals surface area contributed by atoms with E-state index in [-0.39, 0.29) is 11.7 Å². The summed E-state index contributed by atoms with van der Waals surface area (Å²) in [5.41, 5.74) is 6.25. The topological polar surface area (TPSA) is 76.2 Å². The van der Waals surface area contributed by atoms with Crippen molar-refractivity contribution in [3.63, 3.8) is 0 Å². The van der Waals surface area contributed by atoms with Gasteiger partial charge in [-0.05, 0) is 97.2 Å². The Hall–Kier alpha value is -3.13. The van der Waals surface area contributed by atoms with Crippen LogP contribution in [0.1, 0.15) is 35.5 Å². The van der Waals surface area contributed by atoms with Crippen LogP contribution in [-0.4, -0.2) is 34.0 Å². The number of aryl methyl sites for hydroxylation is 2. The molecule has 0 radical (unpaired) electrons. The summed E-state index contributed by atoms with van der Waals surface area (Å²) in [6.45, 7) is 10.2. The third-order valence-electron chi connectivity index (χ3n) is 5.30. The number of rotatable bonds is 6. The number of halogens is 1. The molecule has 4 rings (SSSR count).